The fourth-order valence-electron chi connectivity index (χ4n) is 2.00. The van der Waals surface area contributed by atoms with Crippen LogP contribution in [0.25, 0.3) is 0 Å². The van der Waals surface area contributed by atoms with Crippen molar-refractivity contribution in [2.45, 2.75) is 66.0 Å². The maximum atomic E-state index is 6.05. The first-order valence-electron chi connectivity index (χ1n) is 9.66. The largest absolute Gasteiger partial charge is 0.736 e. The fraction of sp³-hybridized carbons (Fsp3) is 0.455. The quantitative estimate of drug-likeness (QED) is 0.293. The molecule has 0 heterocycles. The van der Waals surface area contributed by atoms with E-state index in [2.05, 4.69) is 0 Å². The molecule has 0 radical (unpaired) electrons. The summed E-state index contributed by atoms with van der Waals surface area (Å²) in [6.07, 6.45) is 0. The van der Waals surface area contributed by atoms with Crippen LogP contribution < -0.4 is 0 Å². The van der Waals surface area contributed by atoms with Crippen LogP contribution in [0.2, 0.25) is 0 Å². The second kappa shape index (κ2) is 10.4. The monoisotopic (exact) mass is 420 g/mol. The summed E-state index contributed by atoms with van der Waals surface area (Å²) in [5.41, 5.74) is 0.725. The first-order chi connectivity index (χ1) is 13.6. The van der Waals surface area contributed by atoms with Crippen LogP contribution in [0.1, 0.15) is 52.7 Å². The van der Waals surface area contributed by atoms with Crippen LogP contribution in [0.3, 0.4) is 0 Å². The Labute approximate surface area is 175 Å². The van der Waals surface area contributed by atoms with Gasteiger partial charge in [0, 0.05) is 0 Å². The summed E-state index contributed by atoms with van der Waals surface area (Å²) >= 11 is 0. The lowest BCUT2D eigenvalue weighted by molar-refractivity contribution is -0.387. The van der Waals surface area contributed by atoms with Crippen molar-refractivity contribution >= 4 is 9.05 Å². The van der Waals surface area contributed by atoms with Crippen molar-refractivity contribution in [1.82, 2.24) is 0 Å². The van der Waals surface area contributed by atoms with Crippen LogP contribution in [-0.4, -0.2) is 20.3 Å². The number of hydrogen-bond donors (Lipinski definition) is 0. The van der Waals surface area contributed by atoms with Gasteiger partial charge in [-0.05, 0) is 52.7 Å². The maximum Gasteiger partial charge on any atom is 0.736 e. The molecule has 0 bridgehead atoms. The van der Waals surface area contributed by atoms with E-state index in [4.69, 9.17) is 27.8 Å². The molecule has 0 saturated carbocycles. The molecule has 0 aliphatic heterocycles. The minimum atomic E-state index is -3.83. The van der Waals surface area contributed by atoms with Crippen molar-refractivity contribution in [1.29, 1.82) is 0 Å². The summed E-state index contributed by atoms with van der Waals surface area (Å²) in [7, 11) is -3.83. The van der Waals surface area contributed by atoms with Crippen molar-refractivity contribution in [3.05, 3.63) is 71.8 Å². The molecule has 2 aromatic rings. The first kappa shape index (κ1) is 23.7. The molecular formula is C22H32O6Si. The highest BCUT2D eigenvalue weighted by Gasteiger charge is 2.52. The van der Waals surface area contributed by atoms with Gasteiger partial charge in [-0.15, -0.1) is 0 Å². The van der Waals surface area contributed by atoms with Crippen LogP contribution in [0, 0.1) is 0 Å². The third-order valence-corrected chi connectivity index (χ3v) is 4.88. The molecule has 0 atom stereocenters. The van der Waals surface area contributed by atoms with Gasteiger partial charge in [0.15, 0.2) is 0 Å². The van der Waals surface area contributed by atoms with Gasteiger partial charge < -0.3 is 8.85 Å². The van der Waals surface area contributed by atoms with Gasteiger partial charge in [-0.3, -0.25) is 0 Å². The van der Waals surface area contributed by atoms with Gasteiger partial charge in [-0.2, -0.15) is 9.15 Å². The van der Waals surface area contributed by atoms with Crippen molar-refractivity contribution in [3.8, 4) is 0 Å². The molecule has 0 spiro atoms. The lowest BCUT2D eigenvalue weighted by Crippen LogP contribution is -2.51. The van der Waals surface area contributed by atoms with E-state index >= 15 is 0 Å². The molecule has 0 aliphatic carbocycles. The highest BCUT2D eigenvalue weighted by Crippen LogP contribution is 2.23. The number of hydrogen-bond acceptors (Lipinski definition) is 6. The zero-order valence-corrected chi connectivity index (χ0v) is 19.1. The van der Waals surface area contributed by atoms with Crippen LogP contribution in [0.15, 0.2) is 60.7 Å². The molecule has 2 aromatic carbocycles. The maximum absolute atomic E-state index is 6.05. The van der Waals surface area contributed by atoms with Gasteiger partial charge in [-0.25, -0.2) is 9.78 Å². The highest BCUT2D eigenvalue weighted by molar-refractivity contribution is 6.52. The summed E-state index contributed by atoms with van der Waals surface area (Å²) < 4.78 is 23.5. The van der Waals surface area contributed by atoms with E-state index in [1.807, 2.05) is 102 Å². The van der Waals surface area contributed by atoms with Crippen LogP contribution in [0.5, 0.6) is 0 Å². The summed E-state index contributed by atoms with van der Waals surface area (Å²) in [5.74, 6) is 0. The summed E-state index contributed by atoms with van der Waals surface area (Å²) in [6.45, 7) is 11.6. The molecule has 0 saturated heterocycles. The second-order valence-corrected chi connectivity index (χ2v) is 10.5. The Balaban J connectivity index is 2.21. The van der Waals surface area contributed by atoms with Gasteiger partial charge in [0.05, 0.1) is 24.4 Å². The smallest absolute Gasteiger partial charge is 0.344 e. The van der Waals surface area contributed by atoms with E-state index < -0.39 is 20.3 Å². The van der Waals surface area contributed by atoms with Gasteiger partial charge in [0.25, 0.3) is 0 Å². The third kappa shape index (κ3) is 9.64. The average molecular weight is 421 g/mol. The molecule has 0 fully saturated rings. The average Bonchev–Trinajstić information content (AvgIpc) is 2.67. The lowest BCUT2D eigenvalue weighted by atomic mass is 10.2. The van der Waals surface area contributed by atoms with Gasteiger partial charge in [0.1, 0.15) is 0 Å². The van der Waals surface area contributed by atoms with E-state index in [1.165, 1.54) is 0 Å². The van der Waals surface area contributed by atoms with E-state index in [0.29, 0.717) is 0 Å². The van der Waals surface area contributed by atoms with Crippen molar-refractivity contribution in [3.63, 3.8) is 0 Å². The highest BCUT2D eigenvalue weighted by atomic mass is 28.4. The lowest BCUT2D eigenvalue weighted by Gasteiger charge is -2.31. The molecule has 0 aromatic heterocycles. The zero-order valence-electron chi connectivity index (χ0n) is 18.1. The predicted octanol–water partition coefficient (Wildman–Crippen LogP) is 5.35. The van der Waals surface area contributed by atoms with Crippen LogP contribution in [0.4, 0.5) is 0 Å². The molecule has 29 heavy (non-hydrogen) atoms. The Morgan fingerprint density at radius 1 is 0.586 bits per heavy atom. The fourth-order valence-corrected chi connectivity index (χ4v) is 3.69. The molecule has 0 aliphatic rings. The SMILES string of the molecule is CC(C)(C)OO[Si](OCc1ccccc1)(OCc1ccccc1)OOC(C)(C)C. The summed E-state index contributed by atoms with van der Waals surface area (Å²) in [6, 6.07) is 19.4. The standard InChI is InChI=1S/C22H32O6Si/c1-21(2,3)25-27-29(28-26-22(4,5)6,23-17-19-13-9-7-10-14-19)24-18-20-15-11-8-12-16-20/h7-16H,17-18H2,1-6H3. The first-order valence-corrected chi connectivity index (χ1v) is 11.3. The second-order valence-electron chi connectivity index (χ2n) is 8.61. The molecule has 0 N–H and O–H groups in total. The van der Waals surface area contributed by atoms with Crippen LogP contribution >= 0.6 is 0 Å². The van der Waals surface area contributed by atoms with Crippen molar-refractivity contribution < 1.29 is 27.8 Å². The molecule has 7 heteroatoms. The Morgan fingerprint density at radius 2 is 0.931 bits per heavy atom. The predicted molar refractivity (Wildman–Crippen MR) is 112 cm³/mol. The minimum absolute atomic E-state index is 0.225. The summed E-state index contributed by atoms with van der Waals surface area (Å²) in [5, 5.41) is 0. The molecule has 2 rings (SSSR count). The Bertz CT molecular complexity index is 646. The Morgan fingerprint density at radius 3 is 1.24 bits per heavy atom. The van der Waals surface area contributed by atoms with Gasteiger partial charge in [-0.1, -0.05) is 60.7 Å². The summed E-state index contributed by atoms with van der Waals surface area (Å²) in [4.78, 5) is 11.1. The normalized spacial score (nSPS) is 12.9. The molecule has 0 unspecified atom stereocenters. The molecule has 160 valence electrons. The topological polar surface area (TPSA) is 55.4 Å². The molecule has 6 nitrogen and oxygen atoms in total. The molecular weight excluding hydrogens is 388 g/mol. The van der Waals surface area contributed by atoms with Crippen molar-refractivity contribution in [2.24, 2.45) is 0 Å². The van der Waals surface area contributed by atoms with Crippen molar-refractivity contribution in [2.75, 3.05) is 0 Å². The minimum Gasteiger partial charge on any atom is -0.344 e. The van der Waals surface area contributed by atoms with E-state index in [9.17, 15) is 0 Å². The van der Waals surface area contributed by atoms with Gasteiger partial charge in [0.2, 0.25) is 0 Å². The van der Waals surface area contributed by atoms with E-state index in [-0.39, 0.29) is 13.2 Å². The van der Waals surface area contributed by atoms with Crippen LogP contribution in [-0.2, 0) is 41.0 Å². The molecule has 0 amide bonds. The number of rotatable bonds is 10. The zero-order chi connectivity index (χ0) is 21.4. The van der Waals surface area contributed by atoms with Gasteiger partial charge >= 0.3 is 9.05 Å². The third-order valence-electron chi connectivity index (χ3n) is 3.30. The number of benzene rings is 2. The Hall–Kier alpha value is -1.58. The van der Waals surface area contributed by atoms with E-state index in [0.717, 1.165) is 11.1 Å². The Kier molecular flexibility index (Phi) is 8.54. The van der Waals surface area contributed by atoms with E-state index in [1.54, 1.807) is 0 Å².